The van der Waals surface area contributed by atoms with Gasteiger partial charge in [-0.2, -0.15) is 0 Å². The molecule has 0 saturated carbocycles. The Labute approximate surface area is 98.6 Å². The smallest absolute Gasteiger partial charge is 0.116 e. The predicted octanol–water partition coefficient (Wildman–Crippen LogP) is 1.76. The normalized spacial score (nSPS) is 12.3. The minimum Gasteiger partial charge on any atom is -0.508 e. The average molecular weight is 231 g/mol. The quantitative estimate of drug-likeness (QED) is 0.468. The van der Waals surface area contributed by atoms with Gasteiger partial charge in [-0.15, -0.1) is 0 Å². The van der Waals surface area contributed by atoms with E-state index in [1.54, 1.807) is 12.1 Å². The summed E-state index contributed by atoms with van der Waals surface area (Å²) in [6.07, 6.45) is -0.928. The summed E-state index contributed by atoms with van der Waals surface area (Å²) in [6, 6.07) is 10.6. The van der Waals surface area contributed by atoms with Gasteiger partial charge < -0.3 is 21.1 Å². The fraction of sp³-hybridized carbons (Fsp3) is 0.0769. The summed E-state index contributed by atoms with van der Waals surface area (Å²) in [5.41, 5.74) is 7.18. The van der Waals surface area contributed by atoms with Gasteiger partial charge in [0.05, 0.1) is 0 Å². The number of benzene rings is 2. The van der Waals surface area contributed by atoms with E-state index in [0.29, 0.717) is 16.8 Å². The van der Waals surface area contributed by atoms with Gasteiger partial charge in [0.25, 0.3) is 0 Å². The highest BCUT2D eigenvalue weighted by Crippen LogP contribution is 2.30. The SMILES string of the molecule is Nc1ccc(O)cc1C(O)c1ccc(O)cc1. The number of phenolic OH excluding ortho intramolecular Hbond substituents is 2. The zero-order chi connectivity index (χ0) is 12.4. The molecule has 2 rings (SSSR count). The van der Waals surface area contributed by atoms with Crippen LogP contribution in [0.3, 0.4) is 0 Å². The highest BCUT2D eigenvalue weighted by atomic mass is 16.3. The third kappa shape index (κ3) is 2.32. The van der Waals surface area contributed by atoms with Crippen LogP contribution in [-0.2, 0) is 0 Å². The molecule has 0 heterocycles. The van der Waals surface area contributed by atoms with Crippen LogP contribution in [0, 0.1) is 0 Å². The van der Waals surface area contributed by atoms with Gasteiger partial charge in [0, 0.05) is 11.3 Å². The summed E-state index contributed by atoms with van der Waals surface area (Å²) >= 11 is 0. The molecule has 0 aliphatic heterocycles. The van der Waals surface area contributed by atoms with Crippen LogP contribution in [0.2, 0.25) is 0 Å². The Morgan fingerprint density at radius 3 is 2.12 bits per heavy atom. The second-order valence-corrected chi connectivity index (χ2v) is 3.81. The van der Waals surface area contributed by atoms with Crippen molar-refractivity contribution in [3.8, 4) is 11.5 Å². The topological polar surface area (TPSA) is 86.7 Å². The van der Waals surface area contributed by atoms with E-state index in [4.69, 9.17) is 10.8 Å². The van der Waals surface area contributed by atoms with Gasteiger partial charge in [0.15, 0.2) is 0 Å². The minimum atomic E-state index is -0.928. The summed E-state index contributed by atoms with van der Waals surface area (Å²) < 4.78 is 0. The van der Waals surface area contributed by atoms with E-state index in [9.17, 15) is 10.2 Å². The number of nitrogen functional groups attached to an aromatic ring is 1. The second-order valence-electron chi connectivity index (χ2n) is 3.81. The molecule has 2 aromatic carbocycles. The van der Waals surface area contributed by atoms with Crippen molar-refractivity contribution < 1.29 is 15.3 Å². The van der Waals surface area contributed by atoms with E-state index in [0.717, 1.165) is 0 Å². The van der Waals surface area contributed by atoms with Crippen LogP contribution in [0.1, 0.15) is 17.2 Å². The monoisotopic (exact) mass is 231 g/mol. The highest BCUT2D eigenvalue weighted by molar-refractivity contribution is 5.53. The van der Waals surface area contributed by atoms with Gasteiger partial charge in [-0.05, 0) is 35.9 Å². The molecule has 1 atom stereocenters. The molecule has 0 radical (unpaired) electrons. The van der Waals surface area contributed by atoms with Crippen LogP contribution < -0.4 is 5.73 Å². The van der Waals surface area contributed by atoms with Crippen LogP contribution in [0.5, 0.6) is 11.5 Å². The molecule has 0 fully saturated rings. The third-order valence-electron chi connectivity index (χ3n) is 2.57. The van der Waals surface area contributed by atoms with Crippen molar-refractivity contribution in [1.29, 1.82) is 0 Å². The molecule has 4 heteroatoms. The first-order chi connectivity index (χ1) is 8.08. The molecule has 5 N–H and O–H groups in total. The van der Waals surface area contributed by atoms with Gasteiger partial charge in [0.1, 0.15) is 17.6 Å². The minimum absolute atomic E-state index is 0.0482. The fourth-order valence-corrected chi connectivity index (χ4v) is 1.64. The van der Waals surface area contributed by atoms with Crippen molar-refractivity contribution in [2.45, 2.75) is 6.10 Å². The Morgan fingerprint density at radius 2 is 1.47 bits per heavy atom. The van der Waals surface area contributed by atoms with Crippen LogP contribution >= 0.6 is 0 Å². The molecule has 17 heavy (non-hydrogen) atoms. The Hall–Kier alpha value is -2.20. The number of anilines is 1. The number of aliphatic hydroxyl groups excluding tert-OH is 1. The van der Waals surface area contributed by atoms with Crippen molar-refractivity contribution in [1.82, 2.24) is 0 Å². The Kier molecular flexibility index (Phi) is 2.89. The number of nitrogens with two attached hydrogens (primary N) is 1. The molecule has 0 saturated heterocycles. The number of rotatable bonds is 2. The first-order valence-electron chi connectivity index (χ1n) is 5.13. The largest absolute Gasteiger partial charge is 0.508 e. The van der Waals surface area contributed by atoms with Crippen molar-refractivity contribution >= 4 is 5.69 Å². The van der Waals surface area contributed by atoms with Gasteiger partial charge in [0.2, 0.25) is 0 Å². The maximum absolute atomic E-state index is 10.1. The van der Waals surface area contributed by atoms with Crippen LogP contribution in [-0.4, -0.2) is 15.3 Å². The molecule has 2 aromatic rings. The molecule has 0 amide bonds. The maximum atomic E-state index is 10.1. The summed E-state index contributed by atoms with van der Waals surface area (Å²) in [6.45, 7) is 0. The van der Waals surface area contributed by atoms with E-state index in [1.807, 2.05) is 0 Å². The van der Waals surface area contributed by atoms with Crippen LogP contribution in [0.25, 0.3) is 0 Å². The summed E-state index contributed by atoms with van der Waals surface area (Å²) in [5, 5.41) is 28.6. The van der Waals surface area contributed by atoms with E-state index in [-0.39, 0.29) is 11.5 Å². The van der Waals surface area contributed by atoms with E-state index in [1.165, 1.54) is 30.3 Å². The number of hydrogen-bond acceptors (Lipinski definition) is 4. The first kappa shape index (κ1) is 11.3. The standard InChI is InChI=1S/C13H13NO3/c14-12-6-5-10(16)7-11(12)13(17)8-1-3-9(15)4-2-8/h1-7,13,15-17H,14H2. The predicted molar refractivity (Wildman–Crippen MR) is 64.7 cm³/mol. The van der Waals surface area contributed by atoms with Crippen molar-refractivity contribution in [2.24, 2.45) is 0 Å². The van der Waals surface area contributed by atoms with Crippen LogP contribution in [0.15, 0.2) is 42.5 Å². The Morgan fingerprint density at radius 1 is 0.882 bits per heavy atom. The number of aromatic hydroxyl groups is 2. The zero-order valence-electron chi connectivity index (χ0n) is 9.04. The Bertz CT molecular complexity index is 523. The van der Waals surface area contributed by atoms with E-state index < -0.39 is 6.10 Å². The van der Waals surface area contributed by atoms with Crippen molar-refractivity contribution in [3.05, 3.63) is 53.6 Å². The molecule has 0 aliphatic rings. The second kappa shape index (κ2) is 4.35. The van der Waals surface area contributed by atoms with Gasteiger partial charge in [-0.3, -0.25) is 0 Å². The lowest BCUT2D eigenvalue weighted by atomic mass is 10.00. The molecule has 0 aliphatic carbocycles. The van der Waals surface area contributed by atoms with Crippen molar-refractivity contribution in [3.63, 3.8) is 0 Å². The molecule has 0 spiro atoms. The fourth-order valence-electron chi connectivity index (χ4n) is 1.64. The first-order valence-corrected chi connectivity index (χ1v) is 5.13. The number of hydrogen-bond donors (Lipinski definition) is 4. The molecular weight excluding hydrogens is 218 g/mol. The summed E-state index contributed by atoms with van der Waals surface area (Å²) in [7, 11) is 0. The molecule has 0 aromatic heterocycles. The molecular formula is C13H13NO3. The third-order valence-corrected chi connectivity index (χ3v) is 2.57. The molecule has 88 valence electrons. The van der Waals surface area contributed by atoms with Crippen LogP contribution in [0.4, 0.5) is 5.69 Å². The van der Waals surface area contributed by atoms with Gasteiger partial charge in [-0.1, -0.05) is 12.1 Å². The molecule has 4 nitrogen and oxygen atoms in total. The molecule has 1 unspecified atom stereocenters. The lowest BCUT2D eigenvalue weighted by Gasteiger charge is -2.14. The van der Waals surface area contributed by atoms with E-state index in [2.05, 4.69) is 0 Å². The number of aliphatic hydroxyl groups is 1. The lowest BCUT2D eigenvalue weighted by Crippen LogP contribution is -2.03. The lowest BCUT2D eigenvalue weighted by molar-refractivity contribution is 0.220. The van der Waals surface area contributed by atoms with E-state index >= 15 is 0 Å². The highest BCUT2D eigenvalue weighted by Gasteiger charge is 2.14. The summed E-state index contributed by atoms with van der Waals surface area (Å²) in [5.74, 6) is 0.178. The maximum Gasteiger partial charge on any atom is 0.116 e. The van der Waals surface area contributed by atoms with Crippen molar-refractivity contribution in [2.75, 3.05) is 5.73 Å². The number of phenols is 2. The zero-order valence-corrected chi connectivity index (χ0v) is 9.04. The van der Waals surface area contributed by atoms with Gasteiger partial charge >= 0.3 is 0 Å². The van der Waals surface area contributed by atoms with Gasteiger partial charge in [-0.25, -0.2) is 0 Å². The Balaban J connectivity index is 2.39. The molecule has 0 bridgehead atoms. The summed E-state index contributed by atoms with van der Waals surface area (Å²) in [4.78, 5) is 0. The average Bonchev–Trinajstić information content (AvgIpc) is 2.32.